The van der Waals surface area contributed by atoms with Crippen LogP contribution in [-0.2, 0) is 4.79 Å². The Kier molecular flexibility index (Phi) is 5.01. The Morgan fingerprint density at radius 1 is 1.35 bits per heavy atom. The third-order valence-electron chi connectivity index (χ3n) is 2.94. The lowest BCUT2D eigenvalue weighted by molar-refractivity contribution is -0.119. The van der Waals surface area contributed by atoms with E-state index < -0.39 is 0 Å². The number of hydrogen-bond acceptors (Lipinski definition) is 2. The van der Waals surface area contributed by atoms with Gasteiger partial charge in [-0.1, -0.05) is 19.1 Å². The normalized spacial score (nSPS) is 10.1. The number of nitrogens with zero attached hydrogens (tertiary/aromatic N) is 1. The number of amides is 1. The molecule has 0 atom stereocenters. The second-order valence-corrected chi connectivity index (χ2v) is 4.43. The SMILES string of the molecule is CCCNC(=O)CN(C)c1cccc(C)c1C. The Bertz CT molecular complexity index is 388. The van der Waals surface area contributed by atoms with Gasteiger partial charge in [-0.25, -0.2) is 0 Å². The number of hydrogen-bond donors (Lipinski definition) is 1. The molecule has 94 valence electrons. The number of carbonyl (C=O) groups excluding carboxylic acids is 1. The first-order valence-corrected chi connectivity index (χ1v) is 6.10. The maximum atomic E-state index is 11.6. The summed E-state index contributed by atoms with van der Waals surface area (Å²) in [5.74, 6) is 0.0789. The third kappa shape index (κ3) is 3.77. The smallest absolute Gasteiger partial charge is 0.239 e. The lowest BCUT2D eigenvalue weighted by Gasteiger charge is -2.21. The van der Waals surface area contributed by atoms with Crippen molar-refractivity contribution in [2.24, 2.45) is 0 Å². The van der Waals surface area contributed by atoms with Crippen LogP contribution in [0.15, 0.2) is 18.2 Å². The highest BCUT2D eigenvalue weighted by Gasteiger charge is 2.09. The number of benzene rings is 1. The second kappa shape index (κ2) is 6.28. The predicted molar refractivity (Wildman–Crippen MR) is 72.5 cm³/mol. The zero-order valence-electron chi connectivity index (χ0n) is 11.2. The van der Waals surface area contributed by atoms with E-state index in [1.54, 1.807) is 0 Å². The number of carbonyl (C=O) groups is 1. The summed E-state index contributed by atoms with van der Waals surface area (Å²) in [5.41, 5.74) is 3.61. The van der Waals surface area contributed by atoms with E-state index in [0.717, 1.165) is 18.7 Å². The molecule has 0 spiro atoms. The summed E-state index contributed by atoms with van der Waals surface area (Å²) >= 11 is 0. The quantitative estimate of drug-likeness (QED) is 0.847. The van der Waals surface area contributed by atoms with Crippen LogP contribution in [0.2, 0.25) is 0 Å². The van der Waals surface area contributed by atoms with Gasteiger partial charge in [-0.2, -0.15) is 0 Å². The van der Waals surface area contributed by atoms with Crippen LogP contribution in [0.3, 0.4) is 0 Å². The van der Waals surface area contributed by atoms with Crippen LogP contribution in [0.5, 0.6) is 0 Å². The standard InChI is InChI=1S/C14H22N2O/c1-5-9-15-14(17)10-16(4)13-8-6-7-11(2)12(13)3/h6-8H,5,9-10H2,1-4H3,(H,15,17). The maximum absolute atomic E-state index is 11.6. The van der Waals surface area contributed by atoms with Crippen LogP contribution in [0.1, 0.15) is 24.5 Å². The Morgan fingerprint density at radius 2 is 2.06 bits per heavy atom. The summed E-state index contributed by atoms with van der Waals surface area (Å²) in [4.78, 5) is 13.6. The molecule has 0 saturated heterocycles. The van der Waals surface area contributed by atoms with E-state index in [2.05, 4.69) is 38.2 Å². The molecule has 3 heteroatoms. The zero-order chi connectivity index (χ0) is 12.8. The van der Waals surface area contributed by atoms with Crippen molar-refractivity contribution in [3.8, 4) is 0 Å². The monoisotopic (exact) mass is 234 g/mol. The Hall–Kier alpha value is -1.51. The molecular weight excluding hydrogens is 212 g/mol. The van der Waals surface area contributed by atoms with Crippen molar-refractivity contribution in [2.45, 2.75) is 27.2 Å². The molecule has 0 fully saturated rings. The summed E-state index contributed by atoms with van der Waals surface area (Å²) < 4.78 is 0. The van der Waals surface area contributed by atoms with Crippen molar-refractivity contribution in [2.75, 3.05) is 25.0 Å². The van der Waals surface area contributed by atoms with Gasteiger partial charge < -0.3 is 10.2 Å². The summed E-state index contributed by atoms with van der Waals surface area (Å²) in [6, 6.07) is 6.16. The van der Waals surface area contributed by atoms with Gasteiger partial charge in [-0.3, -0.25) is 4.79 Å². The molecule has 0 heterocycles. The fraction of sp³-hybridized carbons (Fsp3) is 0.500. The van der Waals surface area contributed by atoms with E-state index in [0.29, 0.717) is 6.54 Å². The highest BCUT2D eigenvalue weighted by atomic mass is 16.2. The average Bonchev–Trinajstić information content (AvgIpc) is 2.29. The van der Waals surface area contributed by atoms with Gasteiger partial charge in [-0.05, 0) is 37.5 Å². The predicted octanol–water partition coefficient (Wildman–Crippen LogP) is 2.27. The van der Waals surface area contributed by atoms with E-state index in [-0.39, 0.29) is 5.91 Å². The average molecular weight is 234 g/mol. The molecule has 1 N–H and O–H groups in total. The maximum Gasteiger partial charge on any atom is 0.239 e. The third-order valence-corrected chi connectivity index (χ3v) is 2.94. The van der Waals surface area contributed by atoms with Crippen molar-refractivity contribution < 1.29 is 4.79 Å². The summed E-state index contributed by atoms with van der Waals surface area (Å²) in [5, 5.41) is 2.89. The highest BCUT2D eigenvalue weighted by molar-refractivity contribution is 5.81. The molecule has 0 saturated carbocycles. The number of aryl methyl sites for hydroxylation is 1. The molecule has 1 amide bonds. The molecular formula is C14H22N2O. The molecule has 0 unspecified atom stereocenters. The van der Waals surface area contributed by atoms with Crippen molar-refractivity contribution >= 4 is 11.6 Å². The van der Waals surface area contributed by atoms with E-state index >= 15 is 0 Å². The minimum Gasteiger partial charge on any atom is -0.365 e. The molecule has 3 nitrogen and oxygen atoms in total. The molecule has 17 heavy (non-hydrogen) atoms. The second-order valence-electron chi connectivity index (χ2n) is 4.43. The molecule has 0 aliphatic carbocycles. The first-order valence-electron chi connectivity index (χ1n) is 6.10. The molecule has 0 aliphatic heterocycles. The highest BCUT2D eigenvalue weighted by Crippen LogP contribution is 2.21. The summed E-state index contributed by atoms with van der Waals surface area (Å²) in [6.07, 6.45) is 0.971. The van der Waals surface area contributed by atoms with E-state index in [1.165, 1.54) is 11.1 Å². The molecule has 0 bridgehead atoms. The number of likely N-dealkylation sites (N-methyl/N-ethyl adjacent to an activating group) is 1. The van der Waals surface area contributed by atoms with Crippen LogP contribution >= 0.6 is 0 Å². The molecule has 1 aromatic rings. The zero-order valence-corrected chi connectivity index (χ0v) is 11.2. The minimum atomic E-state index is 0.0789. The van der Waals surface area contributed by atoms with Crippen LogP contribution in [-0.4, -0.2) is 26.0 Å². The van der Waals surface area contributed by atoms with Gasteiger partial charge in [-0.15, -0.1) is 0 Å². The number of rotatable bonds is 5. The van der Waals surface area contributed by atoms with E-state index in [1.807, 2.05) is 18.0 Å². The Morgan fingerprint density at radius 3 is 2.71 bits per heavy atom. The fourth-order valence-electron chi connectivity index (χ4n) is 1.77. The first-order chi connectivity index (χ1) is 8.06. The molecule has 0 aromatic heterocycles. The van der Waals surface area contributed by atoms with Gasteiger partial charge in [0.25, 0.3) is 0 Å². The Labute approximate surface area is 104 Å². The number of nitrogens with one attached hydrogen (secondary N) is 1. The van der Waals surface area contributed by atoms with Crippen molar-refractivity contribution in [3.05, 3.63) is 29.3 Å². The lowest BCUT2D eigenvalue weighted by Crippen LogP contribution is -2.35. The van der Waals surface area contributed by atoms with Crippen LogP contribution < -0.4 is 10.2 Å². The minimum absolute atomic E-state index is 0.0789. The fourth-order valence-corrected chi connectivity index (χ4v) is 1.77. The molecule has 1 rings (SSSR count). The van der Waals surface area contributed by atoms with Gasteiger partial charge in [0.2, 0.25) is 5.91 Å². The van der Waals surface area contributed by atoms with E-state index in [9.17, 15) is 4.79 Å². The van der Waals surface area contributed by atoms with Crippen molar-refractivity contribution in [1.82, 2.24) is 5.32 Å². The van der Waals surface area contributed by atoms with Gasteiger partial charge in [0.15, 0.2) is 0 Å². The molecule has 0 radical (unpaired) electrons. The van der Waals surface area contributed by atoms with Gasteiger partial charge >= 0.3 is 0 Å². The van der Waals surface area contributed by atoms with Gasteiger partial charge in [0.05, 0.1) is 6.54 Å². The lowest BCUT2D eigenvalue weighted by atomic mass is 10.1. The van der Waals surface area contributed by atoms with E-state index in [4.69, 9.17) is 0 Å². The van der Waals surface area contributed by atoms with Crippen LogP contribution in [0.4, 0.5) is 5.69 Å². The topological polar surface area (TPSA) is 32.3 Å². The van der Waals surface area contributed by atoms with Crippen molar-refractivity contribution in [1.29, 1.82) is 0 Å². The molecule has 1 aromatic carbocycles. The van der Waals surface area contributed by atoms with Crippen LogP contribution in [0, 0.1) is 13.8 Å². The largest absolute Gasteiger partial charge is 0.365 e. The summed E-state index contributed by atoms with van der Waals surface area (Å²) in [6.45, 7) is 7.38. The molecule has 0 aliphatic rings. The summed E-state index contributed by atoms with van der Waals surface area (Å²) in [7, 11) is 1.95. The van der Waals surface area contributed by atoms with Gasteiger partial charge in [0, 0.05) is 19.3 Å². The van der Waals surface area contributed by atoms with Crippen molar-refractivity contribution in [3.63, 3.8) is 0 Å². The first kappa shape index (κ1) is 13.6. The van der Waals surface area contributed by atoms with Gasteiger partial charge in [0.1, 0.15) is 0 Å². The van der Waals surface area contributed by atoms with Crippen LogP contribution in [0.25, 0.3) is 0 Å². The Balaban J connectivity index is 2.66. The number of anilines is 1.